The molecule has 0 amide bonds. The van der Waals surface area contributed by atoms with Crippen LogP contribution in [0.1, 0.15) is 44.1 Å². The molecule has 1 atom stereocenters. The number of carbonyl (C=O) groups is 1. The zero-order valence-corrected chi connectivity index (χ0v) is 17.0. The van der Waals surface area contributed by atoms with Gasteiger partial charge in [0, 0.05) is 0 Å². The smallest absolute Gasteiger partial charge is 0.662 e. The van der Waals surface area contributed by atoms with Gasteiger partial charge in [0.15, 0.2) is 0 Å². The average molecular weight is 382 g/mol. The summed E-state index contributed by atoms with van der Waals surface area (Å²) < 4.78 is 0. The van der Waals surface area contributed by atoms with Gasteiger partial charge in [-0.15, -0.1) is 13.1 Å². The molecule has 1 heterocycles. The first-order valence-electron chi connectivity index (χ1n) is 9.66. The maximum Gasteiger partial charge on any atom is 1.00 e. The minimum Gasteiger partial charge on any atom is -0.662 e. The zero-order valence-electron chi connectivity index (χ0n) is 17.0. The molecule has 1 aromatic carbocycles. The Balaban J connectivity index is 0.000000614. The maximum absolute atomic E-state index is 11.4. The van der Waals surface area contributed by atoms with Crippen molar-refractivity contribution in [2.75, 3.05) is 13.1 Å². The first-order chi connectivity index (χ1) is 12.9. The fourth-order valence-corrected chi connectivity index (χ4v) is 3.27. The number of aliphatic carboxylic acids is 1. The summed E-state index contributed by atoms with van der Waals surface area (Å²) in [6, 6.07) is 11.1. The summed E-state index contributed by atoms with van der Waals surface area (Å²) in [5, 5.41) is 31.0. The Morgan fingerprint density at radius 2 is 2.00 bits per heavy atom. The van der Waals surface area contributed by atoms with Crippen LogP contribution < -0.4 is 24.6 Å². The maximum atomic E-state index is 11.4. The van der Waals surface area contributed by atoms with Gasteiger partial charge in [-0.25, -0.2) is 0 Å². The molecule has 1 unspecified atom stereocenters. The third-order valence-corrected chi connectivity index (χ3v) is 4.92. The van der Waals surface area contributed by atoms with E-state index in [0.29, 0.717) is 32.4 Å². The van der Waals surface area contributed by atoms with Crippen molar-refractivity contribution in [3.05, 3.63) is 48.1 Å². The van der Waals surface area contributed by atoms with Gasteiger partial charge in [0.05, 0.1) is 0 Å². The summed E-state index contributed by atoms with van der Waals surface area (Å²) in [5.74, 6) is -0.995. The Labute approximate surface area is 181 Å². The first-order valence-corrected chi connectivity index (χ1v) is 9.66. The molecule has 1 aromatic rings. The van der Waals surface area contributed by atoms with Crippen molar-refractivity contribution in [2.24, 2.45) is 11.7 Å². The number of nitrogens with two attached hydrogens (primary N) is 1. The fraction of sp³-hybridized carbons (Fsp3) is 0.600. The molecule has 1 aliphatic heterocycles. The van der Waals surface area contributed by atoms with Gasteiger partial charge < -0.3 is 33.1 Å². The minimum absolute atomic E-state index is 0. The van der Waals surface area contributed by atoms with Gasteiger partial charge in [-0.2, -0.15) is 42.3 Å². The summed E-state index contributed by atoms with van der Waals surface area (Å²) in [5.41, 5.74) is 6.13. The van der Waals surface area contributed by atoms with Gasteiger partial charge in [-0.1, -0.05) is 32.1 Å². The largest absolute Gasteiger partial charge is 1.00 e. The summed E-state index contributed by atoms with van der Waals surface area (Å²) in [6.07, 6.45) is 5.25. The molecule has 0 bridgehead atoms. The molecule has 2 rings (SSSR count). The van der Waals surface area contributed by atoms with E-state index in [1.807, 2.05) is 18.2 Å². The predicted octanol–water partition coefficient (Wildman–Crippen LogP) is -0.547. The van der Waals surface area contributed by atoms with Crippen LogP contribution in [-0.4, -0.2) is 46.9 Å². The molecule has 28 heavy (non-hydrogen) atoms. The molecule has 0 spiro atoms. The molecule has 152 valence electrons. The number of piperidine rings is 1. The van der Waals surface area contributed by atoms with E-state index < -0.39 is 18.6 Å². The van der Waals surface area contributed by atoms with E-state index in [0.717, 1.165) is 25.7 Å². The molecule has 0 aromatic heterocycles. The quantitative estimate of drug-likeness (QED) is 0.260. The van der Waals surface area contributed by atoms with Crippen molar-refractivity contribution in [1.82, 2.24) is 0 Å². The Kier molecular flexibility index (Phi) is 14.7. The van der Waals surface area contributed by atoms with E-state index >= 15 is 0 Å². The van der Waals surface area contributed by atoms with Gasteiger partial charge >= 0.3 is 31.9 Å². The topological polar surface area (TPSA) is 118 Å². The average Bonchev–Trinajstić information content (AvgIpc) is 2.67. The summed E-state index contributed by atoms with van der Waals surface area (Å²) in [6.45, 7) is 5.13. The number of carboxylic acids is 1. The van der Waals surface area contributed by atoms with Crippen molar-refractivity contribution in [1.29, 1.82) is 0 Å². The minimum atomic E-state index is -1.32. The van der Waals surface area contributed by atoms with Crippen LogP contribution in [0.4, 0.5) is 0 Å². The van der Waals surface area contributed by atoms with Crippen LogP contribution in [0.2, 0.25) is 6.32 Å². The fourth-order valence-electron chi connectivity index (χ4n) is 3.27. The van der Waals surface area contributed by atoms with Crippen molar-refractivity contribution in [3.8, 4) is 0 Å². The number of nitrogens with zero attached hydrogens (tertiary/aromatic N) is 1. The molecular weight excluding hydrogens is 350 g/mol. The molecule has 0 saturated carbocycles. The number of unbranched alkanes of at least 4 members (excludes halogenated alkanes) is 1. The second-order valence-corrected chi connectivity index (χ2v) is 7.01. The van der Waals surface area contributed by atoms with Gasteiger partial charge in [0.2, 0.25) is 0 Å². The van der Waals surface area contributed by atoms with Crippen molar-refractivity contribution < 1.29 is 38.8 Å². The van der Waals surface area contributed by atoms with E-state index in [1.54, 1.807) is 0 Å². The van der Waals surface area contributed by atoms with Gasteiger partial charge in [0.25, 0.3) is 0 Å². The molecule has 6 nitrogen and oxygen atoms in total. The number of hydrogen-bond donors (Lipinski definition) is 4. The number of benzene rings is 1. The second kappa shape index (κ2) is 15.1. The number of aryl methyl sites for hydroxylation is 1. The normalized spacial score (nSPS) is 16.1. The van der Waals surface area contributed by atoms with Gasteiger partial charge in [0.1, 0.15) is 5.54 Å². The summed E-state index contributed by atoms with van der Waals surface area (Å²) >= 11 is 0. The molecule has 1 saturated heterocycles. The number of rotatable bonds is 9. The molecule has 1 aliphatic rings. The third-order valence-electron chi connectivity index (χ3n) is 4.92. The van der Waals surface area contributed by atoms with Crippen LogP contribution >= 0.6 is 0 Å². The van der Waals surface area contributed by atoms with Crippen LogP contribution in [0.25, 0.3) is 5.32 Å². The second-order valence-electron chi connectivity index (χ2n) is 7.01. The van der Waals surface area contributed by atoms with Crippen LogP contribution in [0.3, 0.4) is 0 Å². The monoisotopic (exact) mass is 382 g/mol. The Morgan fingerprint density at radius 1 is 1.32 bits per heavy atom. The summed E-state index contributed by atoms with van der Waals surface area (Å²) in [7, 11) is -1.32. The van der Waals surface area contributed by atoms with E-state index in [-0.39, 0.29) is 31.1 Å². The molecule has 0 radical (unpaired) electrons. The zero-order chi connectivity index (χ0) is 20.1. The van der Waals surface area contributed by atoms with E-state index in [4.69, 9.17) is 15.8 Å². The first kappa shape index (κ1) is 27.2. The van der Waals surface area contributed by atoms with Crippen LogP contribution in [-0.2, 0) is 11.2 Å². The van der Waals surface area contributed by atoms with E-state index in [9.17, 15) is 9.90 Å². The molecule has 5 N–H and O–H groups in total. The number of carboxylic acid groups (broad SMARTS) is 1. The standard InChI is InChI=1S/C11H22BN2O4.C9H10.Li/c13-11(10(15)16,5-1-2-6-12(17)18)9-3-7-14-8-4-9;1-2-6-9-7-4-3-5-8-9;/h9,17-18H,1-8,13H2,(H,15,16);3-5,7H,1-2,6H2;/q-1;-2;+1. The van der Waals surface area contributed by atoms with Crippen molar-refractivity contribution in [2.45, 2.75) is 56.8 Å². The van der Waals surface area contributed by atoms with Crippen LogP contribution in [0, 0.1) is 18.9 Å². The van der Waals surface area contributed by atoms with Crippen molar-refractivity contribution >= 4 is 13.1 Å². The Morgan fingerprint density at radius 3 is 2.50 bits per heavy atom. The van der Waals surface area contributed by atoms with Crippen LogP contribution in [0.5, 0.6) is 0 Å². The van der Waals surface area contributed by atoms with Gasteiger partial charge in [-0.3, -0.25) is 4.79 Å². The van der Waals surface area contributed by atoms with E-state index in [2.05, 4.69) is 24.4 Å². The predicted molar refractivity (Wildman–Crippen MR) is 108 cm³/mol. The number of hydrogen-bond acceptors (Lipinski definition) is 4. The Hall–Kier alpha value is -0.808. The molecule has 1 fully saturated rings. The van der Waals surface area contributed by atoms with Crippen molar-refractivity contribution in [3.63, 3.8) is 0 Å². The van der Waals surface area contributed by atoms with Gasteiger partial charge in [-0.05, 0) is 18.7 Å². The Bertz CT molecular complexity index is 530. The molecule has 0 aliphatic carbocycles. The van der Waals surface area contributed by atoms with Crippen LogP contribution in [0.15, 0.2) is 24.3 Å². The third kappa shape index (κ3) is 10.1. The SMILES string of the molecule is NC(CCCCB(O)O)(C(=O)O)C1CC[N-]CC1.[CH2-]CCc1[c-]cccc1.[Li+]. The van der Waals surface area contributed by atoms with E-state index in [1.165, 1.54) is 5.56 Å². The molecular formula is C20H32BLiN2O4-2. The molecule has 8 heteroatoms. The summed E-state index contributed by atoms with van der Waals surface area (Å²) in [4.78, 5) is 11.4.